The average molecular weight is 326 g/mol. The van der Waals surface area contributed by atoms with E-state index in [1.165, 1.54) is 18.4 Å². The predicted octanol–water partition coefficient (Wildman–Crippen LogP) is 3.89. The number of ether oxygens (including phenoxy) is 1. The number of halogens is 1. The first-order chi connectivity index (χ1) is 9.90. The summed E-state index contributed by atoms with van der Waals surface area (Å²) in [6, 6.07) is 7.50. The number of nitrogens with one attached hydrogen (secondary N) is 1. The van der Waals surface area contributed by atoms with E-state index in [4.69, 9.17) is 16.3 Å². The normalized spacial score (nSPS) is 11.4. The Morgan fingerprint density at radius 3 is 2.62 bits per heavy atom. The summed E-state index contributed by atoms with van der Waals surface area (Å²) in [6.45, 7) is 3.50. The van der Waals surface area contributed by atoms with Crippen LogP contribution >= 0.6 is 22.9 Å². The maximum Gasteiger partial charge on any atom is 0.350 e. The highest BCUT2D eigenvalue weighted by Crippen LogP contribution is 2.37. The lowest BCUT2D eigenvalue weighted by atomic mass is 9.95. The Labute approximate surface area is 132 Å². The second-order valence-corrected chi connectivity index (χ2v) is 6.59. The van der Waals surface area contributed by atoms with Gasteiger partial charge in [-0.2, -0.15) is 0 Å². The third kappa shape index (κ3) is 3.04. The summed E-state index contributed by atoms with van der Waals surface area (Å²) in [5, 5.41) is 3.65. The molecule has 1 heterocycles. The molecule has 0 saturated heterocycles. The molecule has 0 aliphatic rings. The summed E-state index contributed by atoms with van der Waals surface area (Å²) in [6.07, 6.45) is 0. The van der Waals surface area contributed by atoms with Gasteiger partial charge in [-0.15, -0.1) is 22.9 Å². The first kappa shape index (κ1) is 15.8. The molecule has 0 fully saturated rings. The number of esters is 1. The first-order valence-electron chi connectivity index (χ1n) is 6.38. The SMILES string of the molecule is COC(=O)c1sc2ccccc2c1NC(=O)C(C)(C)CCl. The number of thiophene rings is 1. The van der Waals surface area contributed by atoms with Crippen LogP contribution in [-0.4, -0.2) is 24.9 Å². The van der Waals surface area contributed by atoms with Gasteiger partial charge < -0.3 is 10.1 Å². The summed E-state index contributed by atoms with van der Waals surface area (Å²) in [7, 11) is 1.32. The number of fused-ring (bicyclic) bond motifs is 1. The zero-order valence-electron chi connectivity index (χ0n) is 12.0. The van der Waals surface area contributed by atoms with E-state index in [1.807, 2.05) is 24.3 Å². The van der Waals surface area contributed by atoms with Crippen LogP contribution in [0.3, 0.4) is 0 Å². The molecule has 1 N–H and O–H groups in total. The Morgan fingerprint density at radius 2 is 2.00 bits per heavy atom. The number of rotatable bonds is 4. The van der Waals surface area contributed by atoms with Crippen LogP contribution in [0.2, 0.25) is 0 Å². The summed E-state index contributed by atoms with van der Waals surface area (Å²) in [5.74, 6) is -0.504. The van der Waals surface area contributed by atoms with Gasteiger partial charge in [0, 0.05) is 16.0 Å². The van der Waals surface area contributed by atoms with E-state index < -0.39 is 11.4 Å². The molecule has 0 spiro atoms. The lowest BCUT2D eigenvalue weighted by molar-refractivity contribution is -0.122. The van der Waals surface area contributed by atoms with Crippen molar-refractivity contribution in [3.05, 3.63) is 29.1 Å². The fourth-order valence-electron chi connectivity index (χ4n) is 1.75. The Balaban J connectivity index is 2.51. The van der Waals surface area contributed by atoms with Crippen LogP contribution in [0.25, 0.3) is 10.1 Å². The van der Waals surface area contributed by atoms with E-state index in [0.29, 0.717) is 10.6 Å². The van der Waals surface area contributed by atoms with Gasteiger partial charge in [-0.05, 0) is 19.9 Å². The molecule has 0 saturated carbocycles. The number of carbonyl (C=O) groups is 2. The Hall–Kier alpha value is -1.59. The van der Waals surface area contributed by atoms with E-state index >= 15 is 0 Å². The summed E-state index contributed by atoms with van der Waals surface area (Å²) < 4.78 is 5.71. The average Bonchev–Trinajstić information content (AvgIpc) is 2.85. The lowest BCUT2D eigenvalue weighted by Gasteiger charge is -2.20. The molecule has 0 radical (unpaired) electrons. The van der Waals surface area contributed by atoms with Crippen molar-refractivity contribution in [3.63, 3.8) is 0 Å². The van der Waals surface area contributed by atoms with Crippen LogP contribution < -0.4 is 5.32 Å². The van der Waals surface area contributed by atoms with E-state index in [0.717, 1.165) is 10.1 Å². The van der Waals surface area contributed by atoms with Crippen molar-refractivity contribution >= 4 is 50.6 Å². The van der Waals surface area contributed by atoms with Crippen molar-refractivity contribution in [1.82, 2.24) is 0 Å². The lowest BCUT2D eigenvalue weighted by Crippen LogP contribution is -2.32. The van der Waals surface area contributed by atoms with Gasteiger partial charge in [-0.25, -0.2) is 4.79 Å². The summed E-state index contributed by atoms with van der Waals surface area (Å²) in [5.41, 5.74) is -0.233. The van der Waals surface area contributed by atoms with Crippen molar-refractivity contribution < 1.29 is 14.3 Å². The number of anilines is 1. The van der Waals surface area contributed by atoms with Gasteiger partial charge in [0.25, 0.3) is 0 Å². The monoisotopic (exact) mass is 325 g/mol. The highest BCUT2D eigenvalue weighted by molar-refractivity contribution is 7.21. The predicted molar refractivity (Wildman–Crippen MR) is 86.3 cm³/mol. The quantitative estimate of drug-likeness (QED) is 0.685. The van der Waals surface area contributed by atoms with Gasteiger partial charge >= 0.3 is 5.97 Å². The van der Waals surface area contributed by atoms with Crippen LogP contribution in [-0.2, 0) is 9.53 Å². The number of hydrogen-bond acceptors (Lipinski definition) is 4. The zero-order chi connectivity index (χ0) is 15.6. The van der Waals surface area contributed by atoms with E-state index in [1.54, 1.807) is 13.8 Å². The van der Waals surface area contributed by atoms with Crippen molar-refractivity contribution in [1.29, 1.82) is 0 Å². The smallest absolute Gasteiger partial charge is 0.350 e. The van der Waals surface area contributed by atoms with Crippen LogP contribution in [0.5, 0.6) is 0 Å². The highest BCUT2D eigenvalue weighted by Gasteiger charge is 2.29. The third-order valence-electron chi connectivity index (χ3n) is 3.15. The Bertz CT molecular complexity index is 693. The maximum atomic E-state index is 12.3. The maximum absolute atomic E-state index is 12.3. The molecule has 0 aliphatic carbocycles. The van der Waals surface area contributed by atoms with Crippen molar-refractivity contribution in [2.24, 2.45) is 5.41 Å². The van der Waals surface area contributed by atoms with Gasteiger partial charge in [-0.3, -0.25) is 4.79 Å². The first-order valence-corrected chi connectivity index (χ1v) is 7.73. The number of benzene rings is 1. The number of carbonyl (C=O) groups excluding carboxylic acids is 2. The number of amides is 1. The fourth-order valence-corrected chi connectivity index (χ4v) is 2.95. The van der Waals surface area contributed by atoms with Crippen molar-refractivity contribution in [2.75, 3.05) is 18.3 Å². The van der Waals surface area contributed by atoms with Crippen LogP contribution in [0.4, 0.5) is 5.69 Å². The fraction of sp³-hybridized carbons (Fsp3) is 0.333. The molecule has 2 rings (SSSR count). The van der Waals surface area contributed by atoms with Crippen molar-refractivity contribution in [2.45, 2.75) is 13.8 Å². The Kier molecular flexibility index (Phi) is 4.54. The molecule has 2 aromatic rings. The minimum Gasteiger partial charge on any atom is -0.465 e. The molecule has 1 aromatic carbocycles. The molecule has 0 bridgehead atoms. The molecule has 0 aliphatic heterocycles. The zero-order valence-corrected chi connectivity index (χ0v) is 13.6. The molecular weight excluding hydrogens is 310 g/mol. The largest absolute Gasteiger partial charge is 0.465 e. The molecule has 112 valence electrons. The van der Waals surface area contributed by atoms with Crippen LogP contribution in [0.1, 0.15) is 23.5 Å². The van der Waals surface area contributed by atoms with Gasteiger partial charge in [0.15, 0.2) is 0 Å². The molecule has 0 atom stereocenters. The van der Waals surface area contributed by atoms with Crippen LogP contribution in [0, 0.1) is 5.41 Å². The van der Waals surface area contributed by atoms with E-state index in [-0.39, 0.29) is 11.8 Å². The van der Waals surface area contributed by atoms with Gasteiger partial charge in [0.2, 0.25) is 5.91 Å². The van der Waals surface area contributed by atoms with Crippen molar-refractivity contribution in [3.8, 4) is 0 Å². The highest BCUT2D eigenvalue weighted by atomic mass is 35.5. The summed E-state index contributed by atoms with van der Waals surface area (Å²) in [4.78, 5) is 24.6. The topological polar surface area (TPSA) is 55.4 Å². The molecule has 1 aromatic heterocycles. The molecule has 0 unspecified atom stereocenters. The molecule has 21 heavy (non-hydrogen) atoms. The third-order valence-corrected chi connectivity index (χ3v) is 4.97. The molecule has 6 heteroatoms. The van der Waals surface area contributed by atoms with Gasteiger partial charge in [-0.1, -0.05) is 18.2 Å². The minimum absolute atomic E-state index is 0.189. The molecule has 1 amide bonds. The van der Waals surface area contributed by atoms with Gasteiger partial charge in [0.1, 0.15) is 4.88 Å². The van der Waals surface area contributed by atoms with E-state index in [2.05, 4.69) is 5.32 Å². The second-order valence-electron chi connectivity index (χ2n) is 5.27. The number of alkyl halides is 1. The van der Waals surface area contributed by atoms with Gasteiger partial charge in [0.05, 0.1) is 18.2 Å². The standard InChI is InChI=1S/C15H16ClNO3S/c1-15(2,8-16)14(19)17-11-9-6-4-5-7-10(9)21-12(11)13(18)20-3/h4-7H,8H2,1-3H3,(H,17,19). The molecule has 4 nitrogen and oxygen atoms in total. The second kappa shape index (κ2) is 6.03. The van der Waals surface area contributed by atoms with E-state index in [9.17, 15) is 9.59 Å². The number of hydrogen-bond donors (Lipinski definition) is 1. The Morgan fingerprint density at radius 1 is 1.33 bits per heavy atom. The minimum atomic E-state index is -0.724. The number of methoxy groups -OCH3 is 1. The summed E-state index contributed by atoms with van der Waals surface area (Å²) >= 11 is 7.12. The van der Waals surface area contributed by atoms with Crippen LogP contribution in [0.15, 0.2) is 24.3 Å². The molecular formula is C15H16ClNO3S.